The Morgan fingerprint density at radius 1 is 1.55 bits per heavy atom. The Morgan fingerprint density at radius 3 is 2.55 bits per heavy atom. The summed E-state index contributed by atoms with van der Waals surface area (Å²) in [6.07, 6.45) is 1.49. The van der Waals surface area contributed by atoms with E-state index in [0.717, 1.165) is 26.2 Å². The molecule has 0 aromatic heterocycles. The third kappa shape index (κ3) is 2.46. The molecule has 1 heterocycles. The van der Waals surface area contributed by atoms with Crippen LogP contribution in [-0.2, 0) is 9.47 Å². The second-order valence-electron chi connectivity index (χ2n) is 3.83. The van der Waals surface area contributed by atoms with Gasteiger partial charge < -0.3 is 9.47 Å². The van der Waals surface area contributed by atoms with Gasteiger partial charge in [-0.25, -0.2) is 0 Å². The summed E-state index contributed by atoms with van der Waals surface area (Å²) in [7, 11) is 0. The third-order valence-corrected chi connectivity index (χ3v) is 2.19. The van der Waals surface area contributed by atoms with Gasteiger partial charge in [0.2, 0.25) is 0 Å². The Labute approximate surface area is 68.9 Å². The highest BCUT2D eigenvalue weighted by Crippen LogP contribution is 2.27. The molecule has 1 aliphatic rings. The van der Waals surface area contributed by atoms with Crippen molar-refractivity contribution in [2.75, 3.05) is 19.8 Å². The van der Waals surface area contributed by atoms with Gasteiger partial charge in [0.25, 0.3) is 0 Å². The van der Waals surface area contributed by atoms with E-state index >= 15 is 0 Å². The third-order valence-electron chi connectivity index (χ3n) is 2.19. The molecule has 1 atom stereocenters. The lowest BCUT2D eigenvalue weighted by molar-refractivity contribution is -0.147. The fraction of sp³-hybridized carbons (Fsp3) is 1.00. The molecule has 1 rings (SSSR count). The minimum absolute atomic E-state index is 0.309. The van der Waals surface area contributed by atoms with Crippen LogP contribution < -0.4 is 0 Å². The Morgan fingerprint density at radius 2 is 2.18 bits per heavy atom. The highest BCUT2D eigenvalue weighted by atomic mass is 16.5. The van der Waals surface area contributed by atoms with E-state index in [1.807, 2.05) is 0 Å². The van der Waals surface area contributed by atoms with Crippen molar-refractivity contribution in [3.05, 3.63) is 0 Å². The largest absolute Gasteiger partial charge is 0.380 e. The molecule has 1 aliphatic heterocycles. The van der Waals surface area contributed by atoms with E-state index in [1.165, 1.54) is 0 Å². The minimum atomic E-state index is 0.309. The van der Waals surface area contributed by atoms with Crippen molar-refractivity contribution in [2.45, 2.75) is 33.3 Å². The first kappa shape index (κ1) is 9.01. The maximum atomic E-state index is 5.62. The molecule has 2 nitrogen and oxygen atoms in total. The van der Waals surface area contributed by atoms with Gasteiger partial charge in [-0.1, -0.05) is 13.8 Å². The summed E-state index contributed by atoms with van der Waals surface area (Å²) in [4.78, 5) is 0. The van der Waals surface area contributed by atoms with Crippen LogP contribution in [0.3, 0.4) is 0 Å². The van der Waals surface area contributed by atoms with E-state index in [-0.39, 0.29) is 0 Å². The van der Waals surface area contributed by atoms with Gasteiger partial charge >= 0.3 is 0 Å². The summed E-state index contributed by atoms with van der Waals surface area (Å²) >= 11 is 0. The van der Waals surface area contributed by atoms with Gasteiger partial charge in [0.15, 0.2) is 0 Å². The van der Waals surface area contributed by atoms with Crippen LogP contribution in [0, 0.1) is 5.41 Å². The molecular formula is C9H18O2. The second-order valence-corrected chi connectivity index (χ2v) is 3.83. The SMILES string of the molecule is CCC(C)OCC1(C)COC1. The normalized spacial score (nSPS) is 24.3. The highest BCUT2D eigenvalue weighted by Gasteiger charge is 2.33. The summed E-state index contributed by atoms with van der Waals surface area (Å²) in [5.41, 5.74) is 0.309. The zero-order chi connectivity index (χ0) is 8.32. The van der Waals surface area contributed by atoms with Crippen molar-refractivity contribution in [3.63, 3.8) is 0 Å². The van der Waals surface area contributed by atoms with Gasteiger partial charge in [-0.2, -0.15) is 0 Å². The highest BCUT2D eigenvalue weighted by molar-refractivity contribution is 4.80. The van der Waals surface area contributed by atoms with Crippen LogP contribution in [0.4, 0.5) is 0 Å². The van der Waals surface area contributed by atoms with E-state index in [4.69, 9.17) is 9.47 Å². The van der Waals surface area contributed by atoms with Crippen molar-refractivity contribution >= 4 is 0 Å². The van der Waals surface area contributed by atoms with Crippen LogP contribution in [0.5, 0.6) is 0 Å². The van der Waals surface area contributed by atoms with Crippen molar-refractivity contribution < 1.29 is 9.47 Å². The number of ether oxygens (including phenoxy) is 2. The second kappa shape index (κ2) is 3.55. The standard InChI is InChI=1S/C9H18O2/c1-4-8(2)11-7-9(3)5-10-6-9/h8H,4-7H2,1-3H3. The van der Waals surface area contributed by atoms with Crippen molar-refractivity contribution in [3.8, 4) is 0 Å². The average Bonchev–Trinajstić information content (AvgIpc) is 1.96. The quantitative estimate of drug-likeness (QED) is 0.621. The van der Waals surface area contributed by atoms with Crippen molar-refractivity contribution in [1.29, 1.82) is 0 Å². The molecule has 1 fully saturated rings. The van der Waals surface area contributed by atoms with Crippen LogP contribution in [0.1, 0.15) is 27.2 Å². The Hall–Kier alpha value is -0.0800. The molecule has 1 unspecified atom stereocenters. The van der Waals surface area contributed by atoms with Crippen LogP contribution in [-0.4, -0.2) is 25.9 Å². The first-order valence-corrected chi connectivity index (χ1v) is 4.36. The molecule has 0 aromatic carbocycles. The predicted octanol–water partition coefficient (Wildman–Crippen LogP) is 1.84. The summed E-state index contributed by atoms with van der Waals surface area (Å²) in [5.74, 6) is 0. The fourth-order valence-corrected chi connectivity index (χ4v) is 0.995. The van der Waals surface area contributed by atoms with Crippen molar-refractivity contribution in [2.24, 2.45) is 5.41 Å². The zero-order valence-electron chi connectivity index (χ0n) is 7.72. The molecule has 0 aromatic rings. The van der Waals surface area contributed by atoms with Crippen LogP contribution in [0.15, 0.2) is 0 Å². The van der Waals surface area contributed by atoms with E-state index < -0.39 is 0 Å². The number of hydrogen-bond acceptors (Lipinski definition) is 2. The van der Waals surface area contributed by atoms with Gasteiger partial charge in [0.1, 0.15) is 0 Å². The molecule has 1 saturated heterocycles. The first-order chi connectivity index (χ1) is 5.16. The van der Waals surface area contributed by atoms with E-state index in [1.54, 1.807) is 0 Å². The Kier molecular flexibility index (Phi) is 2.90. The van der Waals surface area contributed by atoms with E-state index in [9.17, 15) is 0 Å². The summed E-state index contributed by atoms with van der Waals surface area (Å²) in [6, 6.07) is 0. The molecule has 0 N–H and O–H groups in total. The fourth-order valence-electron chi connectivity index (χ4n) is 0.995. The van der Waals surface area contributed by atoms with Crippen LogP contribution in [0.2, 0.25) is 0 Å². The maximum Gasteiger partial charge on any atom is 0.0567 e. The van der Waals surface area contributed by atoms with Crippen LogP contribution >= 0.6 is 0 Å². The maximum absolute atomic E-state index is 5.62. The molecule has 66 valence electrons. The molecule has 0 aliphatic carbocycles. The molecule has 0 amide bonds. The Balaban J connectivity index is 2.11. The number of rotatable bonds is 4. The summed E-state index contributed by atoms with van der Waals surface area (Å²) < 4.78 is 10.7. The predicted molar refractivity (Wildman–Crippen MR) is 44.6 cm³/mol. The first-order valence-electron chi connectivity index (χ1n) is 4.36. The summed E-state index contributed by atoms with van der Waals surface area (Å²) in [6.45, 7) is 9.04. The van der Waals surface area contributed by atoms with Gasteiger partial charge in [-0.05, 0) is 13.3 Å². The molecule has 0 spiro atoms. The molecule has 0 bridgehead atoms. The lowest BCUT2D eigenvalue weighted by Crippen LogP contribution is -2.44. The van der Waals surface area contributed by atoms with Gasteiger partial charge in [-0.15, -0.1) is 0 Å². The van der Waals surface area contributed by atoms with Gasteiger partial charge in [0, 0.05) is 5.41 Å². The number of hydrogen-bond donors (Lipinski definition) is 0. The van der Waals surface area contributed by atoms with Gasteiger partial charge in [0.05, 0.1) is 25.9 Å². The van der Waals surface area contributed by atoms with E-state index in [0.29, 0.717) is 11.5 Å². The molecular weight excluding hydrogens is 140 g/mol. The smallest absolute Gasteiger partial charge is 0.0567 e. The molecule has 2 heteroatoms. The summed E-state index contributed by atoms with van der Waals surface area (Å²) in [5, 5.41) is 0. The lowest BCUT2D eigenvalue weighted by atomic mass is 9.90. The van der Waals surface area contributed by atoms with Gasteiger partial charge in [-0.3, -0.25) is 0 Å². The minimum Gasteiger partial charge on any atom is -0.380 e. The average molecular weight is 158 g/mol. The zero-order valence-corrected chi connectivity index (χ0v) is 7.72. The van der Waals surface area contributed by atoms with E-state index in [2.05, 4.69) is 20.8 Å². The van der Waals surface area contributed by atoms with Crippen molar-refractivity contribution in [1.82, 2.24) is 0 Å². The van der Waals surface area contributed by atoms with Crippen LogP contribution in [0.25, 0.3) is 0 Å². The lowest BCUT2D eigenvalue weighted by Gasteiger charge is -2.38. The molecule has 11 heavy (non-hydrogen) atoms. The monoisotopic (exact) mass is 158 g/mol. The topological polar surface area (TPSA) is 18.5 Å². The molecule has 0 radical (unpaired) electrons. The molecule has 0 saturated carbocycles. The Bertz CT molecular complexity index is 119.